The zero-order valence-corrected chi connectivity index (χ0v) is 16.8. The molecule has 0 fully saturated rings. The molecule has 0 saturated heterocycles. The van der Waals surface area contributed by atoms with Crippen LogP contribution < -0.4 is 10.0 Å². The van der Waals surface area contributed by atoms with Crippen LogP contribution in [0.3, 0.4) is 0 Å². The van der Waals surface area contributed by atoms with Crippen LogP contribution in [0.5, 0.6) is 0 Å². The minimum absolute atomic E-state index is 0. The van der Waals surface area contributed by atoms with Crippen molar-refractivity contribution in [3.05, 3.63) is 84.2 Å². The number of sulfonamides is 1. The number of carbonyl (C=O) groups excluding carboxylic acids is 1. The van der Waals surface area contributed by atoms with Crippen molar-refractivity contribution >= 4 is 27.3 Å². The number of benzene rings is 2. The third-order valence-electron chi connectivity index (χ3n) is 3.71. The van der Waals surface area contributed by atoms with Crippen LogP contribution >= 0.6 is 0 Å². The summed E-state index contributed by atoms with van der Waals surface area (Å²) >= 11 is 0. The van der Waals surface area contributed by atoms with Gasteiger partial charge in [0.25, 0.3) is 15.9 Å². The second-order valence-electron chi connectivity index (χ2n) is 5.61. The fourth-order valence-electron chi connectivity index (χ4n) is 2.30. The molecule has 7 heteroatoms. The molecule has 0 bridgehead atoms. The molecule has 0 aliphatic heterocycles. The van der Waals surface area contributed by atoms with Gasteiger partial charge in [-0.1, -0.05) is 38.1 Å². The minimum atomic E-state index is -3.71. The zero-order chi connectivity index (χ0) is 20.6. The van der Waals surface area contributed by atoms with Crippen molar-refractivity contribution in [3.8, 4) is 0 Å². The molecule has 0 atom stereocenters. The Morgan fingerprint density at radius 2 is 1.57 bits per heavy atom. The van der Waals surface area contributed by atoms with Crippen LogP contribution in [0.15, 0.2) is 77.8 Å². The van der Waals surface area contributed by atoms with Crippen molar-refractivity contribution in [2.45, 2.75) is 25.7 Å². The summed E-state index contributed by atoms with van der Waals surface area (Å²) in [5.74, 6) is -0.362. The molecule has 2 N–H and O–H groups in total. The van der Waals surface area contributed by atoms with Crippen molar-refractivity contribution in [1.29, 1.82) is 0 Å². The number of rotatable bonds is 5. The molecule has 3 aromatic rings. The first-order valence-corrected chi connectivity index (χ1v) is 10.3. The normalized spacial score (nSPS) is 10.4. The van der Waals surface area contributed by atoms with Crippen molar-refractivity contribution in [2.75, 3.05) is 10.0 Å². The number of hydrogen-bond donors (Lipinski definition) is 2. The molecule has 2 aromatic carbocycles. The van der Waals surface area contributed by atoms with Crippen molar-refractivity contribution in [3.63, 3.8) is 0 Å². The van der Waals surface area contributed by atoms with E-state index in [1.54, 1.807) is 30.3 Å². The first-order chi connectivity index (χ1) is 13.5. The Balaban J connectivity index is 0.00000204. The molecular formula is C21H27N3O3S. The minimum Gasteiger partial charge on any atom is -0.321 e. The summed E-state index contributed by atoms with van der Waals surface area (Å²) in [5.41, 5.74) is 2.12. The van der Waals surface area contributed by atoms with Crippen LogP contribution in [-0.4, -0.2) is 19.3 Å². The van der Waals surface area contributed by atoms with Gasteiger partial charge < -0.3 is 5.32 Å². The van der Waals surface area contributed by atoms with Gasteiger partial charge in [-0.05, 0) is 55.0 Å². The van der Waals surface area contributed by atoms with Crippen LogP contribution in [0.25, 0.3) is 0 Å². The summed E-state index contributed by atoms with van der Waals surface area (Å²) in [7, 11) is -3.71. The Labute approximate surface area is 168 Å². The number of para-hydroxylation sites is 1. The molecule has 3 rings (SSSR count). The van der Waals surface area contributed by atoms with Crippen LogP contribution in [0.2, 0.25) is 0 Å². The molecule has 0 aliphatic rings. The van der Waals surface area contributed by atoms with Gasteiger partial charge in [0.2, 0.25) is 0 Å². The lowest BCUT2D eigenvalue weighted by Crippen LogP contribution is -2.15. The van der Waals surface area contributed by atoms with E-state index in [9.17, 15) is 13.2 Å². The standard InChI is InChI=1S/C19H17N3O3S.C2H6.2H2/c1-14-6-2-3-7-17(14)22-26(24,25)16-11-9-15(10-12-16)21-19(23)18-8-4-5-13-20-18;1-2;;/h2-13,22H,1H3,(H,21,23);1-2H3;2*1H. The highest BCUT2D eigenvalue weighted by Gasteiger charge is 2.15. The Bertz CT molecular complexity index is 1030. The highest BCUT2D eigenvalue weighted by molar-refractivity contribution is 7.92. The summed E-state index contributed by atoms with van der Waals surface area (Å²) in [6.07, 6.45) is 1.53. The van der Waals surface area contributed by atoms with Gasteiger partial charge in [0.15, 0.2) is 0 Å². The van der Waals surface area contributed by atoms with E-state index in [0.29, 0.717) is 11.4 Å². The quantitative estimate of drug-likeness (QED) is 0.632. The van der Waals surface area contributed by atoms with E-state index in [1.807, 2.05) is 32.9 Å². The van der Waals surface area contributed by atoms with Gasteiger partial charge in [0, 0.05) is 14.7 Å². The monoisotopic (exact) mass is 401 g/mol. The molecule has 1 aromatic heterocycles. The topological polar surface area (TPSA) is 88.2 Å². The van der Waals surface area contributed by atoms with Gasteiger partial charge in [0.05, 0.1) is 10.6 Å². The smallest absolute Gasteiger partial charge is 0.274 e. The zero-order valence-electron chi connectivity index (χ0n) is 16.0. The number of hydrogen-bond acceptors (Lipinski definition) is 4. The van der Waals surface area contributed by atoms with Crippen LogP contribution in [0.1, 0.15) is 32.8 Å². The number of anilines is 2. The van der Waals surface area contributed by atoms with E-state index in [1.165, 1.54) is 30.5 Å². The number of carbonyl (C=O) groups is 1. The molecule has 1 heterocycles. The van der Waals surface area contributed by atoms with Crippen LogP contribution in [0, 0.1) is 6.92 Å². The number of aromatic nitrogens is 1. The molecule has 28 heavy (non-hydrogen) atoms. The molecule has 0 unspecified atom stereocenters. The Kier molecular flexibility index (Phi) is 7.28. The maximum absolute atomic E-state index is 12.5. The number of amides is 1. The maximum atomic E-state index is 12.5. The molecule has 6 nitrogen and oxygen atoms in total. The molecule has 0 aliphatic carbocycles. The highest BCUT2D eigenvalue weighted by atomic mass is 32.2. The summed E-state index contributed by atoms with van der Waals surface area (Å²) in [5, 5.41) is 2.68. The second kappa shape index (κ2) is 9.66. The van der Waals surface area contributed by atoms with Crippen molar-refractivity contribution < 1.29 is 16.1 Å². The summed E-state index contributed by atoms with van der Waals surface area (Å²) in [6.45, 7) is 5.83. The molecule has 1 amide bonds. The van der Waals surface area contributed by atoms with Crippen molar-refractivity contribution in [1.82, 2.24) is 4.98 Å². The lowest BCUT2D eigenvalue weighted by atomic mass is 10.2. The lowest BCUT2D eigenvalue weighted by Gasteiger charge is -2.11. The first kappa shape index (κ1) is 21.1. The van der Waals surface area contributed by atoms with E-state index >= 15 is 0 Å². The third-order valence-corrected chi connectivity index (χ3v) is 5.09. The Morgan fingerprint density at radius 3 is 2.18 bits per heavy atom. The maximum Gasteiger partial charge on any atom is 0.274 e. The van der Waals surface area contributed by atoms with Gasteiger partial charge in [0.1, 0.15) is 5.69 Å². The van der Waals surface area contributed by atoms with Gasteiger partial charge in [-0.3, -0.25) is 14.5 Å². The number of nitrogens with one attached hydrogen (secondary N) is 2. The van der Waals surface area contributed by atoms with Crippen molar-refractivity contribution in [2.24, 2.45) is 0 Å². The molecule has 0 spiro atoms. The van der Waals surface area contributed by atoms with Gasteiger partial charge >= 0.3 is 0 Å². The fourth-order valence-corrected chi connectivity index (χ4v) is 3.43. The largest absolute Gasteiger partial charge is 0.321 e. The van der Waals surface area contributed by atoms with E-state index in [-0.39, 0.29) is 19.3 Å². The van der Waals surface area contributed by atoms with Crippen LogP contribution in [0.4, 0.5) is 11.4 Å². The van der Waals surface area contributed by atoms with Gasteiger partial charge in [-0.25, -0.2) is 8.42 Å². The Morgan fingerprint density at radius 1 is 0.929 bits per heavy atom. The number of nitrogens with zero attached hydrogens (tertiary/aromatic N) is 1. The summed E-state index contributed by atoms with van der Waals surface area (Å²) < 4.78 is 27.6. The lowest BCUT2D eigenvalue weighted by molar-refractivity contribution is 0.102. The van der Waals surface area contributed by atoms with Gasteiger partial charge in [-0.15, -0.1) is 0 Å². The van der Waals surface area contributed by atoms with Crippen LogP contribution in [-0.2, 0) is 10.0 Å². The first-order valence-electron chi connectivity index (χ1n) is 8.86. The second-order valence-corrected chi connectivity index (χ2v) is 7.30. The average Bonchev–Trinajstić information content (AvgIpc) is 2.72. The number of aryl methyl sites for hydroxylation is 1. The average molecular weight is 402 g/mol. The predicted octanol–water partition coefficient (Wildman–Crippen LogP) is 4.96. The predicted molar refractivity (Wildman–Crippen MR) is 116 cm³/mol. The SMILES string of the molecule is CC.Cc1ccccc1NS(=O)(=O)c1ccc(NC(=O)c2ccccn2)cc1.[HH].[HH]. The molecule has 150 valence electrons. The third kappa shape index (κ3) is 5.40. The molecule has 0 saturated carbocycles. The van der Waals surface area contributed by atoms with E-state index < -0.39 is 10.0 Å². The Hall–Kier alpha value is -3.19. The van der Waals surface area contributed by atoms with E-state index in [0.717, 1.165) is 5.56 Å². The molecule has 0 radical (unpaired) electrons. The van der Waals surface area contributed by atoms with E-state index in [2.05, 4.69) is 15.0 Å². The molecular weight excluding hydrogens is 374 g/mol. The van der Waals surface area contributed by atoms with Gasteiger partial charge in [-0.2, -0.15) is 0 Å². The fraction of sp³-hybridized carbons (Fsp3) is 0.143. The summed E-state index contributed by atoms with van der Waals surface area (Å²) in [6, 6.07) is 18.1. The van der Waals surface area contributed by atoms with E-state index in [4.69, 9.17) is 0 Å². The highest BCUT2D eigenvalue weighted by Crippen LogP contribution is 2.20. The summed E-state index contributed by atoms with van der Waals surface area (Å²) in [4.78, 5) is 16.1. The number of pyridine rings is 1.